The number of aromatic nitrogens is 3. The number of halogens is 2. The fourth-order valence-electron chi connectivity index (χ4n) is 3.37. The molecule has 0 unspecified atom stereocenters. The first-order chi connectivity index (χ1) is 15.2. The van der Waals surface area contributed by atoms with Crippen molar-refractivity contribution >= 4 is 22.4 Å². The monoisotopic (exact) mass is 410 g/mol. The van der Waals surface area contributed by atoms with Crippen molar-refractivity contribution in [2.75, 3.05) is 5.32 Å². The standard InChI is InChI=1S/C25H16F2N4/c26-21-10-9-19(14-22(21)27)29-25-20-13-17(16-5-2-1-3-6-16)8-11-23(20)30-24(31-25)18-7-4-12-28-15-18/h1-15H,(H,29,30,31). The van der Waals surface area contributed by atoms with E-state index in [2.05, 4.69) is 20.3 Å². The second-order valence-corrected chi connectivity index (χ2v) is 6.99. The Morgan fingerprint density at radius 1 is 0.677 bits per heavy atom. The Hall–Kier alpha value is -4.19. The van der Waals surface area contributed by atoms with Crippen LogP contribution in [0.3, 0.4) is 0 Å². The molecular weight excluding hydrogens is 394 g/mol. The first kappa shape index (κ1) is 18.8. The molecule has 0 radical (unpaired) electrons. The molecule has 3 aromatic carbocycles. The molecule has 2 heterocycles. The van der Waals surface area contributed by atoms with Crippen molar-refractivity contribution in [1.82, 2.24) is 15.0 Å². The number of hydrogen-bond donors (Lipinski definition) is 1. The Labute approximate surface area is 177 Å². The van der Waals surface area contributed by atoms with Gasteiger partial charge in [0.15, 0.2) is 17.5 Å². The van der Waals surface area contributed by atoms with Crippen LogP contribution >= 0.6 is 0 Å². The van der Waals surface area contributed by atoms with E-state index in [1.54, 1.807) is 12.4 Å². The Morgan fingerprint density at radius 3 is 2.29 bits per heavy atom. The van der Waals surface area contributed by atoms with Crippen LogP contribution in [0.1, 0.15) is 0 Å². The van der Waals surface area contributed by atoms with Gasteiger partial charge >= 0.3 is 0 Å². The maximum absolute atomic E-state index is 13.8. The molecular formula is C25H16F2N4. The van der Waals surface area contributed by atoms with Gasteiger partial charge in [-0.15, -0.1) is 0 Å². The second-order valence-electron chi connectivity index (χ2n) is 6.99. The highest BCUT2D eigenvalue weighted by Gasteiger charge is 2.12. The summed E-state index contributed by atoms with van der Waals surface area (Å²) >= 11 is 0. The van der Waals surface area contributed by atoms with Gasteiger partial charge in [0.1, 0.15) is 5.82 Å². The Kier molecular flexibility index (Phi) is 4.80. The predicted molar refractivity (Wildman–Crippen MR) is 118 cm³/mol. The van der Waals surface area contributed by atoms with E-state index < -0.39 is 11.6 Å². The molecule has 150 valence electrons. The molecule has 0 aliphatic rings. The highest BCUT2D eigenvalue weighted by Crippen LogP contribution is 2.31. The van der Waals surface area contributed by atoms with Crippen LogP contribution in [-0.4, -0.2) is 15.0 Å². The number of nitrogens with zero attached hydrogens (tertiary/aromatic N) is 3. The zero-order valence-electron chi connectivity index (χ0n) is 16.3. The molecule has 4 nitrogen and oxygen atoms in total. The van der Waals surface area contributed by atoms with Crippen LogP contribution in [0, 0.1) is 11.6 Å². The molecule has 0 atom stereocenters. The van der Waals surface area contributed by atoms with Gasteiger partial charge in [-0.25, -0.2) is 18.7 Å². The summed E-state index contributed by atoms with van der Waals surface area (Å²) in [5.74, 6) is -0.855. The van der Waals surface area contributed by atoms with Gasteiger partial charge < -0.3 is 5.32 Å². The third kappa shape index (κ3) is 3.83. The molecule has 0 aliphatic carbocycles. The van der Waals surface area contributed by atoms with Gasteiger partial charge in [-0.2, -0.15) is 0 Å². The van der Waals surface area contributed by atoms with Crippen LogP contribution in [0.2, 0.25) is 0 Å². The van der Waals surface area contributed by atoms with Crippen molar-refractivity contribution in [3.05, 3.63) is 103 Å². The molecule has 2 aromatic heterocycles. The lowest BCUT2D eigenvalue weighted by molar-refractivity contribution is 0.509. The summed E-state index contributed by atoms with van der Waals surface area (Å²) in [6.45, 7) is 0. The lowest BCUT2D eigenvalue weighted by Gasteiger charge is -2.13. The van der Waals surface area contributed by atoms with Gasteiger partial charge in [-0.3, -0.25) is 4.98 Å². The van der Waals surface area contributed by atoms with Crippen LogP contribution in [0.25, 0.3) is 33.4 Å². The second kappa shape index (κ2) is 7.91. The van der Waals surface area contributed by atoms with Crippen molar-refractivity contribution in [3.63, 3.8) is 0 Å². The average Bonchev–Trinajstić information content (AvgIpc) is 2.82. The van der Waals surface area contributed by atoms with Crippen LogP contribution in [0.5, 0.6) is 0 Å². The largest absolute Gasteiger partial charge is 0.340 e. The van der Waals surface area contributed by atoms with Gasteiger partial charge in [-0.05, 0) is 47.5 Å². The fourth-order valence-corrected chi connectivity index (χ4v) is 3.37. The average molecular weight is 410 g/mol. The Bertz CT molecular complexity index is 1370. The van der Waals surface area contributed by atoms with E-state index in [0.29, 0.717) is 17.3 Å². The Morgan fingerprint density at radius 2 is 1.52 bits per heavy atom. The highest BCUT2D eigenvalue weighted by molar-refractivity contribution is 5.95. The lowest BCUT2D eigenvalue weighted by Crippen LogP contribution is -2.00. The molecule has 0 aliphatic heterocycles. The predicted octanol–water partition coefficient (Wildman–Crippen LogP) is 6.38. The number of anilines is 2. The quantitative estimate of drug-likeness (QED) is 0.373. The lowest BCUT2D eigenvalue weighted by atomic mass is 10.0. The Balaban J connectivity index is 1.68. The van der Waals surface area contributed by atoms with E-state index in [1.165, 1.54) is 6.07 Å². The van der Waals surface area contributed by atoms with E-state index >= 15 is 0 Å². The van der Waals surface area contributed by atoms with Crippen LogP contribution < -0.4 is 5.32 Å². The van der Waals surface area contributed by atoms with E-state index in [9.17, 15) is 8.78 Å². The van der Waals surface area contributed by atoms with Gasteiger partial charge in [0.25, 0.3) is 0 Å². The molecule has 0 saturated heterocycles. The smallest absolute Gasteiger partial charge is 0.163 e. The first-order valence-corrected chi connectivity index (χ1v) is 9.67. The molecule has 0 fully saturated rings. The molecule has 0 bridgehead atoms. The summed E-state index contributed by atoms with van der Waals surface area (Å²) in [5, 5.41) is 3.89. The number of nitrogens with one attached hydrogen (secondary N) is 1. The van der Waals surface area contributed by atoms with Crippen molar-refractivity contribution < 1.29 is 8.78 Å². The molecule has 31 heavy (non-hydrogen) atoms. The van der Waals surface area contributed by atoms with Crippen molar-refractivity contribution in [2.45, 2.75) is 0 Å². The molecule has 5 aromatic rings. The topological polar surface area (TPSA) is 50.7 Å². The van der Waals surface area contributed by atoms with Gasteiger partial charge in [-0.1, -0.05) is 36.4 Å². The summed E-state index contributed by atoms with van der Waals surface area (Å²) in [4.78, 5) is 13.5. The van der Waals surface area contributed by atoms with Crippen molar-refractivity contribution in [2.24, 2.45) is 0 Å². The molecule has 0 spiro atoms. The molecule has 5 rings (SSSR count). The van der Waals surface area contributed by atoms with Gasteiger partial charge in [0, 0.05) is 35.1 Å². The van der Waals surface area contributed by atoms with Gasteiger partial charge in [0.05, 0.1) is 5.52 Å². The summed E-state index contributed by atoms with van der Waals surface area (Å²) in [6.07, 6.45) is 3.36. The minimum Gasteiger partial charge on any atom is -0.340 e. The number of rotatable bonds is 4. The summed E-state index contributed by atoms with van der Waals surface area (Å²) < 4.78 is 27.2. The minimum absolute atomic E-state index is 0.390. The van der Waals surface area contributed by atoms with E-state index in [1.807, 2.05) is 60.7 Å². The number of fused-ring (bicyclic) bond motifs is 1. The zero-order chi connectivity index (χ0) is 21.2. The SMILES string of the molecule is Fc1ccc(Nc2nc(-c3cccnc3)nc3ccc(-c4ccccc4)cc23)cc1F. The van der Waals surface area contributed by atoms with E-state index in [4.69, 9.17) is 0 Å². The summed E-state index contributed by atoms with van der Waals surface area (Å²) in [5.41, 5.74) is 3.92. The third-order valence-electron chi connectivity index (χ3n) is 4.90. The van der Waals surface area contributed by atoms with Crippen molar-refractivity contribution in [3.8, 4) is 22.5 Å². The van der Waals surface area contributed by atoms with Gasteiger partial charge in [0.2, 0.25) is 0 Å². The third-order valence-corrected chi connectivity index (χ3v) is 4.90. The molecule has 0 amide bonds. The van der Waals surface area contributed by atoms with Crippen LogP contribution in [-0.2, 0) is 0 Å². The maximum Gasteiger partial charge on any atom is 0.163 e. The van der Waals surface area contributed by atoms with E-state index in [-0.39, 0.29) is 0 Å². The molecule has 1 N–H and O–H groups in total. The number of benzene rings is 3. The van der Waals surface area contributed by atoms with Crippen LogP contribution in [0.15, 0.2) is 91.3 Å². The highest BCUT2D eigenvalue weighted by atomic mass is 19.2. The van der Waals surface area contributed by atoms with Crippen molar-refractivity contribution in [1.29, 1.82) is 0 Å². The number of hydrogen-bond acceptors (Lipinski definition) is 4. The maximum atomic E-state index is 13.8. The zero-order valence-corrected chi connectivity index (χ0v) is 16.3. The van der Waals surface area contributed by atoms with Crippen LogP contribution in [0.4, 0.5) is 20.3 Å². The summed E-state index contributed by atoms with van der Waals surface area (Å²) in [7, 11) is 0. The first-order valence-electron chi connectivity index (χ1n) is 9.67. The summed E-state index contributed by atoms with van der Waals surface area (Å²) in [6, 6.07) is 23.2. The minimum atomic E-state index is -0.930. The van der Waals surface area contributed by atoms with E-state index in [0.717, 1.165) is 39.7 Å². The molecule has 6 heteroatoms. The molecule has 0 saturated carbocycles. The normalized spacial score (nSPS) is 10.9. The fraction of sp³-hybridized carbons (Fsp3) is 0. The number of pyridine rings is 1.